The maximum atomic E-state index is 6.46. The molecule has 0 saturated carbocycles. The SMILES string of the molecule is CCN(CC)C(CNC(=NC)NCc1ncc(C)s1)c1ccccc1Cl.I. The van der Waals surface area contributed by atoms with Gasteiger partial charge >= 0.3 is 0 Å². The first-order valence-electron chi connectivity index (χ1n) is 8.93. The van der Waals surface area contributed by atoms with Crippen molar-refractivity contribution < 1.29 is 0 Å². The molecule has 0 aliphatic carbocycles. The van der Waals surface area contributed by atoms with Gasteiger partial charge in [-0.2, -0.15) is 0 Å². The molecular formula is C19H29ClIN5S. The molecule has 1 heterocycles. The van der Waals surface area contributed by atoms with Gasteiger partial charge in [0.05, 0.1) is 12.6 Å². The summed E-state index contributed by atoms with van der Waals surface area (Å²) in [7, 11) is 1.78. The third kappa shape index (κ3) is 7.21. The molecule has 1 unspecified atom stereocenters. The van der Waals surface area contributed by atoms with E-state index >= 15 is 0 Å². The second-order valence-electron chi connectivity index (χ2n) is 5.93. The Bertz CT molecular complexity index is 718. The third-order valence-corrected chi connectivity index (χ3v) is 5.54. The lowest BCUT2D eigenvalue weighted by Crippen LogP contribution is -2.43. The van der Waals surface area contributed by atoms with Gasteiger partial charge < -0.3 is 10.6 Å². The van der Waals surface area contributed by atoms with Crippen molar-refractivity contribution in [1.29, 1.82) is 0 Å². The molecule has 1 atom stereocenters. The van der Waals surface area contributed by atoms with Crippen molar-refractivity contribution in [3.63, 3.8) is 0 Å². The maximum Gasteiger partial charge on any atom is 0.191 e. The van der Waals surface area contributed by atoms with Gasteiger partial charge in [0.2, 0.25) is 0 Å². The van der Waals surface area contributed by atoms with Gasteiger partial charge in [0, 0.05) is 29.7 Å². The van der Waals surface area contributed by atoms with E-state index in [0.29, 0.717) is 6.54 Å². The number of nitrogens with one attached hydrogen (secondary N) is 2. The number of aliphatic imine (C=N–C) groups is 1. The zero-order valence-electron chi connectivity index (χ0n) is 16.3. The first-order chi connectivity index (χ1) is 12.6. The smallest absolute Gasteiger partial charge is 0.191 e. The fourth-order valence-electron chi connectivity index (χ4n) is 2.90. The predicted molar refractivity (Wildman–Crippen MR) is 128 cm³/mol. The van der Waals surface area contributed by atoms with Gasteiger partial charge in [-0.15, -0.1) is 35.3 Å². The average Bonchev–Trinajstić information content (AvgIpc) is 3.07. The number of aryl methyl sites for hydroxylation is 1. The van der Waals surface area contributed by atoms with Gasteiger partial charge in [-0.05, 0) is 31.6 Å². The minimum absolute atomic E-state index is 0. The third-order valence-electron chi connectivity index (χ3n) is 4.28. The Kier molecular flexibility index (Phi) is 11.2. The zero-order valence-corrected chi connectivity index (χ0v) is 20.2. The normalized spacial score (nSPS) is 12.6. The Morgan fingerprint density at radius 2 is 1.96 bits per heavy atom. The second kappa shape index (κ2) is 12.5. The molecule has 0 aliphatic rings. The van der Waals surface area contributed by atoms with Gasteiger partial charge in [0.25, 0.3) is 0 Å². The van der Waals surface area contributed by atoms with Crippen molar-refractivity contribution in [2.75, 3.05) is 26.7 Å². The maximum absolute atomic E-state index is 6.46. The van der Waals surface area contributed by atoms with Gasteiger partial charge in [0.1, 0.15) is 5.01 Å². The topological polar surface area (TPSA) is 52.5 Å². The van der Waals surface area contributed by atoms with E-state index in [2.05, 4.69) is 52.3 Å². The highest BCUT2D eigenvalue weighted by Gasteiger charge is 2.20. The number of likely N-dealkylation sites (N-methyl/N-ethyl adjacent to an activating group) is 1. The van der Waals surface area contributed by atoms with E-state index in [1.165, 1.54) is 4.88 Å². The molecule has 0 radical (unpaired) electrons. The van der Waals surface area contributed by atoms with Gasteiger partial charge in [-0.3, -0.25) is 9.89 Å². The van der Waals surface area contributed by atoms with Crippen LogP contribution in [0.3, 0.4) is 0 Å². The summed E-state index contributed by atoms with van der Waals surface area (Å²) in [4.78, 5) is 12.3. The van der Waals surface area contributed by atoms with Crippen LogP contribution in [0, 0.1) is 6.92 Å². The van der Waals surface area contributed by atoms with E-state index < -0.39 is 0 Å². The summed E-state index contributed by atoms with van der Waals surface area (Å²) in [5, 5.41) is 8.62. The lowest BCUT2D eigenvalue weighted by atomic mass is 10.0. The van der Waals surface area contributed by atoms with Crippen molar-refractivity contribution in [3.05, 3.63) is 50.9 Å². The van der Waals surface area contributed by atoms with Crippen molar-refractivity contribution in [2.24, 2.45) is 4.99 Å². The predicted octanol–water partition coefficient (Wildman–Crippen LogP) is 4.47. The Hall–Kier alpha value is -0.900. The van der Waals surface area contributed by atoms with Crippen LogP contribution in [0.4, 0.5) is 0 Å². The largest absolute Gasteiger partial charge is 0.354 e. The summed E-state index contributed by atoms with van der Waals surface area (Å²) in [5.74, 6) is 0.766. The van der Waals surface area contributed by atoms with Crippen LogP contribution in [-0.4, -0.2) is 42.5 Å². The number of aromatic nitrogens is 1. The van der Waals surface area contributed by atoms with Gasteiger partial charge in [-0.1, -0.05) is 43.6 Å². The van der Waals surface area contributed by atoms with Crippen LogP contribution in [-0.2, 0) is 6.54 Å². The van der Waals surface area contributed by atoms with E-state index in [1.807, 2.05) is 24.4 Å². The fourth-order valence-corrected chi connectivity index (χ4v) is 3.89. The molecule has 2 aromatic rings. The number of benzene rings is 1. The van der Waals surface area contributed by atoms with Crippen LogP contribution in [0.1, 0.15) is 35.3 Å². The van der Waals surface area contributed by atoms with E-state index in [0.717, 1.165) is 41.2 Å². The molecule has 0 amide bonds. The summed E-state index contributed by atoms with van der Waals surface area (Å²) in [6, 6.07) is 8.23. The number of rotatable bonds is 8. The number of halogens is 2. The fraction of sp³-hybridized carbons (Fsp3) is 0.474. The molecule has 5 nitrogen and oxygen atoms in total. The molecule has 8 heteroatoms. The average molecular weight is 522 g/mol. The zero-order chi connectivity index (χ0) is 18.9. The molecule has 0 spiro atoms. The van der Waals surface area contributed by atoms with Crippen LogP contribution in [0.2, 0.25) is 5.02 Å². The molecule has 0 fully saturated rings. The van der Waals surface area contributed by atoms with Gasteiger partial charge in [-0.25, -0.2) is 4.98 Å². The lowest BCUT2D eigenvalue weighted by molar-refractivity contribution is 0.219. The van der Waals surface area contributed by atoms with Crippen molar-refractivity contribution >= 4 is 52.9 Å². The van der Waals surface area contributed by atoms with E-state index in [-0.39, 0.29) is 30.0 Å². The van der Waals surface area contributed by atoms with Gasteiger partial charge in [0.15, 0.2) is 5.96 Å². The number of nitrogens with zero attached hydrogens (tertiary/aromatic N) is 3. The number of thiazole rings is 1. The molecule has 1 aromatic carbocycles. The van der Waals surface area contributed by atoms with E-state index in [4.69, 9.17) is 11.6 Å². The molecular weight excluding hydrogens is 493 g/mol. The molecule has 2 N–H and O–H groups in total. The van der Waals surface area contributed by atoms with E-state index in [9.17, 15) is 0 Å². The number of hydrogen-bond donors (Lipinski definition) is 2. The Morgan fingerprint density at radius 3 is 2.52 bits per heavy atom. The van der Waals surface area contributed by atoms with Crippen molar-refractivity contribution in [1.82, 2.24) is 20.5 Å². The van der Waals surface area contributed by atoms with Crippen molar-refractivity contribution in [2.45, 2.75) is 33.4 Å². The first kappa shape index (κ1) is 24.1. The number of guanidine groups is 1. The molecule has 2 rings (SSSR count). The van der Waals surface area contributed by atoms with Crippen LogP contribution in [0.15, 0.2) is 35.5 Å². The molecule has 27 heavy (non-hydrogen) atoms. The second-order valence-corrected chi connectivity index (χ2v) is 7.66. The molecule has 0 aliphatic heterocycles. The van der Waals surface area contributed by atoms with E-state index in [1.54, 1.807) is 18.4 Å². The monoisotopic (exact) mass is 521 g/mol. The molecule has 0 saturated heterocycles. The highest BCUT2D eigenvalue weighted by Crippen LogP contribution is 2.26. The first-order valence-corrected chi connectivity index (χ1v) is 10.1. The molecule has 150 valence electrons. The summed E-state index contributed by atoms with van der Waals surface area (Å²) >= 11 is 8.16. The summed E-state index contributed by atoms with van der Waals surface area (Å²) in [6.45, 7) is 9.71. The Morgan fingerprint density at radius 1 is 1.26 bits per heavy atom. The molecule has 0 bridgehead atoms. The van der Waals surface area contributed by atoms with Crippen LogP contribution in [0.5, 0.6) is 0 Å². The summed E-state index contributed by atoms with van der Waals surface area (Å²) in [6.07, 6.45) is 1.89. The standard InChI is InChI=1S/C19H28ClN5S.HI/c1-5-25(6-2)17(15-9-7-8-10-16(15)20)12-23-19(21-4)24-13-18-22-11-14(3)26-18;/h7-11,17H,5-6,12-13H2,1-4H3,(H2,21,23,24);1H. The Labute approximate surface area is 188 Å². The summed E-state index contributed by atoms with van der Waals surface area (Å²) in [5.41, 5.74) is 1.14. The minimum Gasteiger partial charge on any atom is -0.354 e. The lowest BCUT2D eigenvalue weighted by Gasteiger charge is -2.31. The Balaban J connectivity index is 0.00000364. The summed E-state index contributed by atoms with van der Waals surface area (Å²) < 4.78 is 0. The minimum atomic E-state index is 0. The number of hydrogen-bond acceptors (Lipinski definition) is 4. The highest BCUT2D eigenvalue weighted by atomic mass is 127. The van der Waals surface area contributed by atoms with Crippen LogP contribution in [0.25, 0.3) is 0 Å². The van der Waals surface area contributed by atoms with Crippen LogP contribution >= 0.6 is 46.9 Å². The van der Waals surface area contributed by atoms with Crippen molar-refractivity contribution in [3.8, 4) is 0 Å². The van der Waals surface area contributed by atoms with Crippen LogP contribution < -0.4 is 10.6 Å². The highest BCUT2D eigenvalue weighted by molar-refractivity contribution is 14.0. The molecule has 1 aromatic heterocycles. The quantitative estimate of drug-likeness (QED) is 0.306.